The first kappa shape index (κ1) is 14.2. The number of hydrogen-bond acceptors (Lipinski definition) is 5. The lowest BCUT2D eigenvalue weighted by Gasteiger charge is -2.12. The van der Waals surface area contributed by atoms with Crippen LogP contribution in [0, 0.1) is 0 Å². The van der Waals surface area contributed by atoms with E-state index >= 15 is 0 Å². The van der Waals surface area contributed by atoms with Crippen molar-refractivity contribution in [1.82, 2.24) is 9.97 Å². The highest BCUT2D eigenvalue weighted by Crippen LogP contribution is 2.19. The highest BCUT2D eigenvalue weighted by molar-refractivity contribution is 5.90. The normalized spacial score (nSPS) is 10.9. The summed E-state index contributed by atoms with van der Waals surface area (Å²) in [5.41, 5.74) is 0.812. The number of likely N-dealkylation sites (N-methyl/N-ethyl adjacent to an activating group) is 1. The lowest BCUT2D eigenvalue weighted by Crippen LogP contribution is -3.06. The Morgan fingerprint density at radius 1 is 1.30 bits per heavy atom. The number of hydrogen-bond donors (Lipinski definition) is 2. The third-order valence-electron chi connectivity index (χ3n) is 2.90. The molecule has 6 heteroatoms. The summed E-state index contributed by atoms with van der Waals surface area (Å²) in [4.78, 5) is 20.8. The topological polar surface area (TPSA) is 82.4 Å². The highest BCUT2D eigenvalue weighted by Gasteiger charge is 2.08. The molecule has 1 aromatic heterocycles. The quantitative estimate of drug-likeness (QED) is 0.668. The molecule has 20 heavy (non-hydrogen) atoms. The Bertz CT molecular complexity index is 613. The highest BCUT2D eigenvalue weighted by atomic mass is 16.4. The monoisotopic (exact) mass is 274 g/mol. The van der Waals surface area contributed by atoms with E-state index in [2.05, 4.69) is 29.4 Å². The Kier molecular flexibility index (Phi) is 4.47. The smallest absolute Gasteiger partial charge is 0.137 e. The summed E-state index contributed by atoms with van der Waals surface area (Å²) in [7, 11) is 4.13. The number of carbonyl (C=O) groups is 1. The van der Waals surface area contributed by atoms with Crippen LogP contribution in [0.25, 0.3) is 10.9 Å². The summed E-state index contributed by atoms with van der Waals surface area (Å²) in [6.45, 7) is 0.650. The molecule has 0 fully saturated rings. The molecule has 0 saturated carbocycles. The zero-order valence-electron chi connectivity index (χ0n) is 11.6. The van der Waals surface area contributed by atoms with Gasteiger partial charge in [0.1, 0.15) is 11.6 Å². The van der Waals surface area contributed by atoms with E-state index in [1.165, 1.54) is 4.90 Å². The zero-order chi connectivity index (χ0) is 14.5. The van der Waals surface area contributed by atoms with Gasteiger partial charge in [-0.1, -0.05) is 12.1 Å². The number of aromatic nitrogens is 2. The molecule has 0 aliphatic heterocycles. The van der Waals surface area contributed by atoms with Crippen LogP contribution in [0.3, 0.4) is 0 Å². The van der Waals surface area contributed by atoms with E-state index in [1.54, 1.807) is 0 Å². The molecule has 0 aliphatic carbocycles. The fourth-order valence-corrected chi connectivity index (χ4v) is 1.89. The standard InChI is InChI=1S/C14H18N4O2/c1-18(2)8-7-12-16-11-6-4-3-5-10(11)14(17-12)15-9-13(19)20/h3-6H,7-9H2,1-2H3,(H,19,20)(H,15,16,17). The predicted molar refractivity (Wildman–Crippen MR) is 74.4 cm³/mol. The molecule has 0 aliphatic rings. The molecule has 0 radical (unpaired) electrons. The number of anilines is 1. The summed E-state index contributed by atoms with van der Waals surface area (Å²) < 4.78 is 0. The van der Waals surface area contributed by atoms with E-state index in [9.17, 15) is 9.90 Å². The molecule has 0 spiro atoms. The minimum Gasteiger partial charge on any atom is -0.548 e. The summed E-state index contributed by atoms with van der Waals surface area (Å²) in [6.07, 6.45) is 0.743. The number of carbonyl (C=O) groups excluding carboxylic acids is 1. The van der Waals surface area contributed by atoms with Crippen LogP contribution in [0.4, 0.5) is 5.82 Å². The number of fused-ring (bicyclic) bond motifs is 1. The SMILES string of the molecule is C[NH+](C)CCc1nc(NCC(=O)[O-])c2ccccc2n1. The molecule has 0 unspecified atom stereocenters. The summed E-state index contributed by atoms with van der Waals surface area (Å²) >= 11 is 0. The number of nitrogens with one attached hydrogen (secondary N) is 2. The van der Waals surface area contributed by atoms with Gasteiger partial charge in [-0.3, -0.25) is 0 Å². The molecule has 1 heterocycles. The van der Waals surface area contributed by atoms with Crippen molar-refractivity contribution in [2.45, 2.75) is 6.42 Å². The molecule has 1 aromatic carbocycles. The van der Waals surface area contributed by atoms with Gasteiger partial charge >= 0.3 is 0 Å². The fourth-order valence-electron chi connectivity index (χ4n) is 1.89. The molecular formula is C14H18N4O2. The minimum atomic E-state index is -1.16. The van der Waals surface area contributed by atoms with Gasteiger partial charge in [0.2, 0.25) is 0 Å². The average molecular weight is 274 g/mol. The number of carboxylic acids is 1. The van der Waals surface area contributed by atoms with E-state index in [-0.39, 0.29) is 6.54 Å². The predicted octanol–water partition coefficient (Wildman–Crippen LogP) is -1.52. The molecule has 6 nitrogen and oxygen atoms in total. The number of para-hydroxylation sites is 1. The van der Waals surface area contributed by atoms with Gasteiger partial charge in [0.05, 0.1) is 45.1 Å². The minimum absolute atomic E-state index is 0.265. The Balaban J connectivity index is 2.33. The second-order valence-electron chi connectivity index (χ2n) is 4.94. The lowest BCUT2D eigenvalue weighted by atomic mass is 10.2. The van der Waals surface area contributed by atoms with E-state index in [4.69, 9.17) is 0 Å². The second-order valence-corrected chi connectivity index (χ2v) is 4.94. The van der Waals surface area contributed by atoms with Crippen molar-refractivity contribution < 1.29 is 14.8 Å². The largest absolute Gasteiger partial charge is 0.548 e. The van der Waals surface area contributed by atoms with Gasteiger partial charge in [-0.15, -0.1) is 0 Å². The third-order valence-corrected chi connectivity index (χ3v) is 2.90. The number of nitrogens with zero attached hydrogens (tertiary/aromatic N) is 2. The first-order valence-corrected chi connectivity index (χ1v) is 6.54. The number of rotatable bonds is 6. The van der Waals surface area contributed by atoms with Crippen LogP contribution in [0.2, 0.25) is 0 Å². The Hall–Kier alpha value is -2.21. The lowest BCUT2D eigenvalue weighted by molar-refractivity contribution is -0.858. The second kappa shape index (κ2) is 6.29. The van der Waals surface area contributed by atoms with Crippen molar-refractivity contribution in [2.75, 3.05) is 32.5 Å². The first-order chi connectivity index (χ1) is 9.56. The third kappa shape index (κ3) is 3.64. The van der Waals surface area contributed by atoms with Crippen molar-refractivity contribution in [3.63, 3.8) is 0 Å². The van der Waals surface area contributed by atoms with Crippen LogP contribution in [-0.4, -0.2) is 43.1 Å². The maximum absolute atomic E-state index is 10.6. The van der Waals surface area contributed by atoms with Crippen molar-refractivity contribution in [1.29, 1.82) is 0 Å². The summed E-state index contributed by atoms with van der Waals surface area (Å²) in [5, 5.41) is 14.2. The molecule has 0 saturated heterocycles. The fraction of sp³-hybridized carbons (Fsp3) is 0.357. The van der Waals surface area contributed by atoms with E-state index in [0.717, 1.165) is 23.9 Å². The maximum Gasteiger partial charge on any atom is 0.137 e. The van der Waals surface area contributed by atoms with Gasteiger partial charge in [0.15, 0.2) is 0 Å². The molecular weight excluding hydrogens is 256 g/mol. The maximum atomic E-state index is 10.6. The molecule has 0 bridgehead atoms. The van der Waals surface area contributed by atoms with Crippen molar-refractivity contribution in [2.24, 2.45) is 0 Å². The number of aliphatic carboxylic acids is 1. The van der Waals surface area contributed by atoms with Gasteiger partial charge in [-0.25, -0.2) is 9.97 Å². The average Bonchev–Trinajstić information content (AvgIpc) is 2.42. The Morgan fingerprint density at radius 2 is 2.05 bits per heavy atom. The van der Waals surface area contributed by atoms with Crippen molar-refractivity contribution >= 4 is 22.7 Å². The van der Waals surface area contributed by atoms with Crippen LogP contribution in [0.15, 0.2) is 24.3 Å². The molecule has 2 N–H and O–H groups in total. The van der Waals surface area contributed by atoms with Crippen LogP contribution in [0.5, 0.6) is 0 Å². The zero-order valence-corrected chi connectivity index (χ0v) is 11.6. The molecule has 106 valence electrons. The van der Waals surface area contributed by atoms with Crippen molar-refractivity contribution in [3.8, 4) is 0 Å². The molecule has 0 atom stereocenters. The van der Waals surface area contributed by atoms with Gasteiger partial charge < -0.3 is 20.1 Å². The molecule has 2 rings (SSSR count). The Labute approximate surface area is 117 Å². The van der Waals surface area contributed by atoms with Crippen LogP contribution in [-0.2, 0) is 11.2 Å². The molecule has 0 amide bonds. The number of carboxylic acid groups (broad SMARTS) is 1. The van der Waals surface area contributed by atoms with E-state index < -0.39 is 5.97 Å². The van der Waals surface area contributed by atoms with E-state index in [1.807, 2.05) is 24.3 Å². The van der Waals surface area contributed by atoms with Gasteiger partial charge in [0.25, 0.3) is 0 Å². The first-order valence-electron chi connectivity index (χ1n) is 6.54. The summed E-state index contributed by atoms with van der Waals surface area (Å²) in [6, 6.07) is 7.54. The molecule has 2 aromatic rings. The number of quaternary nitrogens is 1. The van der Waals surface area contributed by atoms with Crippen LogP contribution in [0.1, 0.15) is 5.82 Å². The van der Waals surface area contributed by atoms with Crippen LogP contribution >= 0.6 is 0 Å². The van der Waals surface area contributed by atoms with Gasteiger partial charge in [0, 0.05) is 5.39 Å². The van der Waals surface area contributed by atoms with Gasteiger partial charge in [-0.05, 0) is 12.1 Å². The van der Waals surface area contributed by atoms with E-state index in [0.29, 0.717) is 11.6 Å². The van der Waals surface area contributed by atoms with Gasteiger partial charge in [-0.2, -0.15) is 0 Å². The van der Waals surface area contributed by atoms with Crippen molar-refractivity contribution in [3.05, 3.63) is 30.1 Å². The summed E-state index contributed by atoms with van der Waals surface area (Å²) in [5.74, 6) is 0.0984. The number of benzene rings is 1. The Morgan fingerprint density at radius 3 is 2.75 bits per heavy atom. The van der Waals surface area contributed by atoms with Crippen LogP contribution < -0.4 is 15.3 Å².